The Balaban J connectivity index is 1.40. The number of pyridine rings is 1. The summed E-state index contributed by atoms with van der Waals surface area (Å²) < 4.78 is 82.9. The molecule has 0 spiro atoms. The first kappa shape index (κ1) is 30.4. The second-order valence-electron chi connectivity index (χ2n) is 10.2. The zero-order valence-electron chi connectivity index (χ0n) is 23.3. The number of alkyl halides is 3. The summed E-state index contributed by atoms with van der Waals surface area (Å²) >= 11 is 0. The van der Waals surface area contributed by atoms with E-state index >= 15 is 0 Å². The van der Waals surface area contributed by atoms with Crippen molar-refractivity contribution in [1.82, 2.24) is 14.9 Å². The van der Waals surface area contributed by atoms with E-state index in [1.54, 1.807) is 24.3 Å². The van der Waals surface area contributed by atoms with E-state index in [-0.39, 0.29) is 77.1 Å². The predicted molar refractivity (Wildman–Crippen MR) is 150 cm³/mol. The van der Waals surface area contributed by atoms with Crippen molar-refractivity contribution in [3.8, 4) is 17.2 Å². The van der Waals surface area contributed by atoms with E-state index in [0.29, 0.717) is 5.56 Å². The molecule has 0 radical (unpaired) electrons. The molecule has 2 N–H and O–H groups in total. The average Bonchev–Trinajstić information content (AvgIpc) is 3.44. The van der Waals surface area contributed by atoms with Crippen LogP contribution in [0.1, 0.15) is 34.8 Å². The number of nitrogens with zero attached hydrogens (tertiary/aromatic N) is 3. The van der Waals surface area contributed by atoms with Gasteiger partial charge in [0, 0.05) is 31.1 Å². The first-order valence-corrected chi connectivity index (χ1v) is 14.9. The number of methoxy groups -OCH3 is 2. The van der Waals surface area contributed by atoms with Crippen molar-refractivity contribution in [3.05, 3.63) is 71.7 Å². The number of likely N-dealkylation sites (tertiary alicyclic amines) is 1. The maximum Gasteiger partial charge on any atom is 0.433 e. The number of carbonyl (C=O) groups is 1. The number of benzene rings is 2. The Labute approximate surface area is 245 Å². The summed E-state index contributed by atoms with van der Waals surface area (Å²) in [5, 5.41) is 0.277. The summed E-state index contributed by atoms with van der Waals surface area (Å²) in [4.78, 5) is 23.5. The molecule has 1 amide bonds. The Morgan fingerprint density at radius 3 is 2.35 bits per heavy atom. The number of nitrogens with two attached hydrogens (primary N) is 1. The molecule has 43 heavy (non-hydrogen) atoms. The molecule has 0 aliphatic carbocycles. The van der Waals surface area contributed by atoms with Crippen LogP contribution in [0.4, 0.5) is 13.2 Å². The first-order valence-electron chi connectivity index (χ1n) is 13.3. The smallest absolute Gasteiger partial charge is 0.433 e. The molecule has 0 atom stereocenters. The van der Waals surface area contributed by atoms with Crippen molar-refractivity contribution >= 4 is 26.6 Å². The van der Waals surface area contributed by atoms with E-state index in [4.69, 9.17) is 19.6 Å². The summed E-state index contributed by atoms with van der Waals surface area (Å²) in [6.45, 7) is 0.224. The van der Waals surface area contributed by atoms with Gasteiger partial charge < -0.3 is 24.5 Å². The van der Waals surface area contributed by atoms with Crippen LogP contribution in [0.15, 0.2) is 63.9 Å². The molecule has 3 heterocycles. The second kappa shape index (κ2) is 11.6. The molecule has 0 saturated carbocycles. The molecule has 14 heteroatoms. The number of halogens is 3. The van der Waals surface area contributed by atoms with Crippen molar-refractivity contribution in [2.24, 2.45) is 5.73 Å². The lowest BCUT2D eigenvalue weighted by atomic mass is 9.93. The third-order valence-corrected chi connectivity index (χ3v) is 9.49. The van der Waals surface area contributed by atoms with Crippen molar-refractivity contribution in [2.75, 3.05) is 33.1 Å². The summed E-state index contributed by atoms with van der Waals surface area (Å²) in [6, 6.07) is 13.2. The van der Waals surface area contributed by atoms with E-state index in [0.717, 1.165) is 6.07 Å². The van der Waals surface area contributed by atoms with Gasteiger partial charge in [0.25, 0.3) is 5.91 Å². The lowest BCUT2D eigenvalue weighted by Crippen LogP contribution is -2.51. The number of amides is 1. The van der Waals surface area contributed by atoms with Crippen LogP contribution in [0.25, 0.3) is 22.4 Å². The highest BCUT2D eigenvalue weighted by Crippen LogP contribution is 2.37. The number of hydrogen-bond donors (Lipinski definition) is 1. The molecule has 2 aromatic carbocycles. The number of rotatable bonds is 8. The maximum atomic E-state index is 13.6. The summed E-state index contributed by atoms with van der Waals surface area (Å²) in [5.41, 5.74) is 4.02. The molecule has 5 rings (SSSR count). The van der Waals surface area contributed by atoms with Gasteiger partial charge in [-0.3, -0.25) is 4.79 Å². The Bertz CT molecular complexity index is 1750. The Kier molecular flexibility index (Phi) is 8.20. The number of hydrogen-bond acceptors (Lipinski definition) is 9. The van der Waals surface area contributed by atoms with E-state index in [9.17, 15) is 26.4 Å². The van der Waals surface area contributed by atoms with Crippen LogP contribution in [-0.4, -0.2) is 67.9 Å². The molecular weight excluding hydrogens is 589 g/mol. The summed E-state index contributed by atoms with van der Waals surface area (Å²) in [6.07, 6.45) is -4.13. The predicted octanol–water partition coefficient (Wildman–Crippen LogP) is 4.47. The Morgan fingerprint density at radius 1 is 1.05 bits per heavy atom. The van der Waals surface area contributed by atoms with Gasteiger partial charge in [0.1, 0.15) is 17.0 Å². The van der Waals surface area contributed by atoms with Gasteiger partial charge in [-0.15, -0.1) is 0 Å². The first-order chi connectivity index (χ1) is 20.4. The van der Waals surface area contributed by atoms with Gasteiger partial charge >= 0.3 is 6.18 Å². The van der Waals surface area contributed by atoms with Crippen LogP contribution in [0.5, 0.6) is 5.75 Å². The molecule has 10 nitrogen and oxygen atoms in total. The molecule has 1 aliphatic heterocycles. The van der Waals surface area contributed by atoms with Crippen LogP contribution in [-0.2, 0) is 27.3 Å². The minimum atomic E-state index is -4.66. The van der Waals surface area contributed by atoms with Crippen LogP contribution in [0, 0.1) is 0 Å². The molecule has 1 aliphatic rings. The van der Waals surface area contributed by atoms with Crippen LogP contribution in [0.3, 0.4) is 0 Å². The van der Waals surface area contributed by atoms with Crippen molar-refractivity contribution < 1.29 is 40.3 Å². The fourth-order valence-corrected chi connectivity index (χ4v) is 7.04. The largest absolute Gasteiger partial charge is 0.494 e. The topological polar surface area (TPSA) is 138 Å². The molecule has 2 aromatic heterocycles. The van der Waals surface area contributed by atoms with Crippen LogP contribution >= 0.6 is 0 Å². The second-order valence-corrected chi connectivity index (χ2v) is 12.1. The minimum absolute atomic E-state index is 0.0183. The Morgan fingerprint density at radius 2 is 1.74 bits per heavy atom. The molecule has 0 unspecified atom stereocenters. The zero-order chi connectivity index (χ0) is 31.0. The number of sulfone groups is 1. The van der Waals surface area contributed by atoms with Crippen molar-refractivity contribution in [2.45, 2.75) is 36.1 Å². The molecule has 1 fully saturated rings. The lowest BCUT2D eigenvalue weighted by Gasteiger charge is -2.40. The van der Waals surface area contributed by atoms with E-state index < -0.39 is 33.2 Å². The summed E-state index contributed by atoms with van der Waals surface area (Å²) in [7, 11) is -0.864. The van der Waals surface area contributed by atoms with Gasteiger partial charge in [-0.1, -0.05) is 18.2 Å². The average molecular weight is 619 g/mol. The van der Waals surface area contributed by atoms with Gasteiger partial charge in [0.05, 0.1) is 29.9 Å². The van der Waals surface area contributed by atoms with Crippen molar-refractivity contribution in [1.29, 1.82) is 0 Å². The third kappa shape index (κ3) is 5.94. The highest BCUT2D eigenvalue weighted by molar-refractivity contribution is 7.91. The number of fused-ring (bicyclic) bond motifs is 1. The van der Waals surface area contributed by atoms with Gasteiger partial charge in [-0.25, -0.2) is 18.4 Å². The number of ether oxygens (including phenoxy) is 2. The molecule has 4 aromatic rings. The van der Waals surface area contributed by atoms with Gasteiger partial charge in [0.2, 0.25) is 5.89 Å². The normalized spacial score (nSPS) is 15.5. The van der Waals surface area contributed by atoms with Gasteiger partial charge in [-0.05, 0) is 49.2 Å². The van der Waals surface area contributed by atoms with Gasteiger partial charge in [0.15, 0.2) is 21.3 Å². The van der Waals surface area contributed by atoms with Crippen molar-refractivity contribution in [3.63, 3.8) is 0 Å². The number of carbonyl (C=O) groups excluding carboxylic acids is 1. The SMILES string of the molecule is COc1ccc(-c2nc(C(=O)N3CCC(CS(=O)(=O)c4ccccc4)(OC)CC3)c(CN)o2)c2ccc(C(F)(F)F)nc12. The fourth-order valence-electron chi connectivity index (χ4n) is 5.21. The highest BCUT2D eigenvalue weighted by Gasteiger charge is 2.41. The molecule has 228 valence electrons. The monoisotopic (exact) mass is 618 g/mol. The minimum Gasteiger partial charge on any atom is -0.494 e. The maximum absolute atomic E-state index is 13.6. The number of aromatic nitrogens is 2. The number of piperidine rings is 1. The van der Waals surface area contributed by atoms with E-state index in [1.165, 1.54) is 43.4 Å². The standard InChI is InChI=1S/C29H29F3N4O6S/c1-40-21-10-8-20(19-9-11-23(29(30,31)32)34-24(19)21)26-35-25(22(16-33)42-26)27(37)36-14-12-28(41-2,13-15-36)17-43(38,39)18-6-4-3-5-7-18/h3-11H,12-17,33H2,1-2H3. The van der Waals surface area contributed by atoms with Crippen LogP contribution in [0.2, 0.25) is 0 Å². The van der Waals surface area contributed by atoms with E-state index in [2.05, 4.69) is 9.97 Å². The lowest BCUT2D eigenvalue weighted by molar-refractivity contribution is -0.140. The van der Waals surface area contributed by atoms with E-state index in [1.807, 2.05) is 0 Å². The Hall–Kier alpha value is -4.01. The molecule has 1 saturated heterocycles. The van der Waals surface area contributed by atoms with Gasteiger partial charge in [-0.2, -0.15) is 13.2 Å². The number of oxazole rings is 1. The third-order valence-electron chi connectivity index (χ3n) is 7.60. The fraction of sp³-hybridized carbons (Fsp3) is 0.345. The molecular formula is C29H29F3N4O6S. The highest BCUT2D eigenvalue weighted by atomic mass is 32.2. The zero-order valence-corrected chi connectivity index (χ0v) is 24.2. The van der Waals surface area contributed by atoms with Crippen LogP contribution < -0.4 is 10.5 Å². The summed E-state index contributed by atoms with van der Waals surface area (Å²) in [5.74, 6) is -0.508. The molecule has 0 bridgehead atoms. The quantitative estimate of drug-likeness (QED) is 0.303.